The van der Waals surface area contributed by atoms with Crippen molar-refractivity contribution in [1.82, 2.24) is 20.1 Å². The first-order valence-corrected chi connectivity index (χ1v) is 9.96. The van der Waals surface area contributed by atoms with Crippen molar-refractivity contribution < 1.29 is 18.4 Å². The molecule has 7 nitrogen and oxygen atoms in total. The molecule has 0 aliphatic rings. The number of benzene rings is 2. The number of carbonyl (C=O) groups excluding carboxylic acids is 2. The molecule has 156 valence electrons. The van der Waals surface area contributed by atoms with Gasteiger partial charge >= 0.3 is 0 Å². The Bertz CT molecular complexity index is 1060. The van der Waals surface area contributed by atoms with E-state index in [1.54, 1.807) is 24.6 Å². The van der Waals surface area contributed by atoms with Crippen molar-refractivity contribution in [2.75, 3.05) is 11.1 Å². The van der Waals surface area contributed by atoms with Crippen LogP contribution in [0, 0.1) is 11.6 Å². The second kappa shape index (κ2) is 9.49. The fourth-order valence-electron chi connectivity index (χ4n) is 2.67. The van der Waals surface area contributed by atoms with Crippen LogP contribution in [0.3, 0.4) is 0 Å². The molecule has 0 saturated carbocycles. The number of carbonyl (C=O) groups is 2. The smallest absolute Gasteiger partial charge is 0.254 e. The molecule has 2 aromatic carbocycles. The number of amides is 2. The summed E-state index contributed by atoms with van der Waals surface area (Å²) in [7, 11) is 1.71. The predicted molar refractivity (Wildman–Crippen MR) is 109 cm³/mol. The van der Waals surface area contributed by atoms with Crippen LogP contribution < -0.4 is 10.6 Å². The van der Waals surface area contributed by atoms with Gasteiger partial charge in [-0.05, 0) is 43.3 Å². The molecule has 3 rings (SSSR count). The largest absolute Gasteiger partial charge is 0.342 e. The van der Waals surface area contributed by atoms with Crippen molar-refractivity contribution in [1.29, 1.82) is 0 Å². The molecule has 2 N–H and O–H groups in total. The van der Waals surface area contributed by atoms with Crippen LogP contribution in [0.5, 0.6) is 0 Å². The van der Waals surface area contributed by atoms with Gasteiger partial charge in [-0.1, -0.05) is 23.9 Å². The lowest BCUT2D eigenvalue weighted by molar-refractivity contribution is -0.113. The van der Waals surface area contributed by atoms with Crippen molar-refractivity contribution in [3.8, 4) is 0 Å². The summed E-state index contributed by atoms with van der Waals surface area (Å²) in [5, 5.41) is 13.9. The highest BCUT2D eigenvalue weighted by Crippen LogP contribution is 2.20. The molecule has 1 aromatic heterocycles. The summed E-state index contributed by atoms with van der Waals surface area (Å²) in [6, 6.07) is 10.6. The van der Waals surface area contributed by atoms with Crippen LogP contribution in [0.15, 0.2) is 53.7 Å². The minimum atomic E-state index is -0.608. The second-order valence-electron chi connectivity index (χ2n) is 6.42. The van der Waals surface area contributed by atoms with E-state index in [0.717, 1.165) is 11.8 Å². The number of halogens is 2. The highest BCUT2D eigenvalue weighted by Gasteiger charge is 2.20. The third-order valence-electron chi connectivity index (χ3n) is 4.18. The van der Waals surface area contributed by atoms with E-state index >= 15 is 0 Å². The molecule has 0 unspecified atom stereocenters. The van der Waals surface area contributed by atoms with Gasteiger partial charge in [-0.3, -0.25) is 9.59 Å². The van der Waals surface area contributed by atoms with Gasteiger partial charge in [0.15, 0.2) is 11.0 Å². The molecule has 10 heteroatoms. The summed E-state index contributed by atoms with van der Waals surface area (Å²) < 4.78 is 28.4. The van der Waals surface area contributed by atoms with E-state index in [2.05, 4.69) is 20.8 Å². The number of hydrogen-bond donors (Lipinski definition) is 2. The minimum absolute atomic E-state index is 0.0569. The summed E-state index contributed by atoms with van der Waals surface area (Å²) in [6.45, 7) is 1.71. The SMILES string of the molecule is C[C@H](NC(=O)c1ccccc1F)c1nnc(SCC(=O)Nc2ccc(F)cc2)n1C. The highest BCUT2D eigenvalue weighted by molar-refractivity contribution is 7.99. The molecular weight excluding hydrogens is 412 g/mol. The van der Waals surface area contributed by atoms with Crippen LogP contribution in [-0.2, 0) is 11.8 Å². The van der Waals surface area contributed by atoms with Gasteiger partial charge in [-0.25, -0.2) is 8.78 Å². The monoisotopic (exact) mass is 431 g/mol. The molecular formula is C20H19F2N5O2S. The number of hydrogen-bond acceptors (Lipinski definition) is 5. The Morgan fingerprint density at radius 1 is 1.10 bits per heavy atom. The minimum Gasteiger partial charge on any atom is -0.342 e. The molecule has 0 spiro atoms. The lowest BCUT2D eigenvalue weighted by Crippen LogP contribution is -2.29. The van der Waals surface area contributed by atoms with E-state index in [1.807, 2.05) is 0 Å². The van der Waals surface area contributed by atoms with Gasteiger partial charge in [0.1, 0.15) is 11.6 Å². The number of aromatic nitrogens is 3. The molecule has 30 heavy (non-hydrogen) atoms. The maximum absolute atomic E-state index is 13.8. The van der Waals surface area contributed by atoms with Gasteiger partial charge in [0.25, 0.3) is 5.91 Å². The van der Waals surface area contributed by atoms with E-state index in [4.69, 9.17) is 0 Å². The van der Waals surface area contributed by atoms with Crippen LogP contribution in [0.2, 0.25) is 0 Å². The first kappa shape index (κ1) is 21.4. The van der Waals surface area contributed by atoms with Gasteiger partial charge in [-0.15, -0.1) is 10.2 Å². The number of anilines is 1. The van der Waals surface area contributed by atoms with Crippen LogP contribution in [0.4, 0.5) is 14.5 Å². The Morgan fingerprint density at radius 3 is 2.50 bits per heavy atom. The molecule has 1 atom stereocenters. The maximum atomic E-state index is 13.8. The van der Waals surface area contributed by atoms with E-state index in [-0.39, 0.29) is 23.0 Å². The number of nitrogens with zero attached hydrogens (tertiary/aromatic N) is 3. The lowest BCUT2D eigenvalue weighted by Gasteiger charge is -2.14. The van der Waals surface area contributed by atoms with E-state index in [1.165, 1.54) is 42.5 Å². The number of nitrogens with one attached hydrogen (secondary N) is 2. The van der Waals surface area contributed by atoms with Gasteiger partial charge in [0.2, 0.25) is 5.91 Å². The first-order chi connectivity index (χ1) is 14.3. The molecule has 1 heterocycles. The topological polar surface area (TPSA) is 88.9 Å². The number of thioether (sulfide) groups is 1. The van der Waals surface area contributed by atoms with E-state index < -0.39 is 17.8 Å². The third kappa shape index (κ3) is 5.20. The predicted octanol–water partition coefficient (Wildman–Crippen LogP) is 3.32. The molecule has 0 fully saturated rings. The Morgan fingerprint density at radius 2 is 1.80 bits per heavy atom. The van der Waals surface area contributed by atoms with Gasteiger partial charge in [-0.2, -0.15) is 0 Å². The molecule has 0 aliphatic carbocycles. The van der Waals surface area contributed by atoms with E-state index in [0.29, 0.717) is 16.7 Å². The summed E-state index contributed by atoms with van der Waals surface area (Å²) in [5.74, 6) is -1.30. The summed E-state index contributed by atoms with van der Waals surface area (Å²) in [5.41, 5.74) is 0.434. The average Bonchev–Trinajstić information content (AvgIpc) is 3.09. The van der Waals surface area contributed by atoms with Gasteiger partial charge in [0, 0.05) is 12.7 Å². The summed E-state index contributed by atoms with van der Waals surface area (Å²) in [6.07, 6.45) is 0. The molecule has 0 radical (unpaired) electrons. The van der Waals surface area contributed by atoms with E-state index in [9.17, 15) is 18.4 Å². The highest BCUT2D eigenvalue weighted by atomic mass is 32.2. The van der Waals surface area contributed by atoms with Crippen molar-refractivity contribution in [2.45, 2.75) is 18.1 Å². The maximum Gasteiger partial charge on any atom is 0.254 e. The van der Waals surface area contributed by atoms with Gasteiger partial charge < -0.3 is 15.2 Å². The Kier molecular flexibility index (Phi) is 6.78. The van der Waals surface area contributed by atoms with Crippen LogP contribution in [0.1, 0.15) is 29.1 Å². The first-order valence-electron chi connectivity index (χ1n) is 8.98. The van der Waals surface area contributed by atoms with Crippen LogP contribution in [-0.4, -0.2) is 32.3 Å². The Balaban J connectivity index is 1.58. The van der Waals surface area contributed by atoms with Crippen LogP contribution in [0.25, 0.3) is 0 Å². The lowest BCUT2D eigenvalue weighted by atomic mass is 10.2. The molecule has 0 aliphatic heterocycles. The Labute approximate surface area is 175 Å². The second-order valence-corrected chi connectivity index (χ2v) is 7.36. The molecule has 2 amide bonds. The van der Waals surface area contributed by atoms with Crippen molar-refractivity contribution in [3.05, 3.63) is 71.6 Å². The zero-order valence-corrected chi connectivity index (χ0v) is 17.0. The number of rotatable bonds is 7. The standard InChI is InChI=1S/C20H19F2N5O2S/c1-12(23-19(29)15-5-3-4-6-16(15)22)18-25-26-20(27(18)2)30-11-17(28)24-14-9-7-13(21)8-10-14/h3-10,12H,11H2,1-2H3,(H,23,29)(H,24,28)/t12-/m0/s1. The average molecular weight is 431 g/mol. The Hall–Kier alpha value is -3.27. The van der Waals surface area contributed by atoms with Crippen molar-refractivity contribution in [2.24, 2.45) is 7.05 Å². The fourth-order valence-corrected chi connectivity index (χ4v) is 3.39. The van der Waals surface area contributed by atoms with Crippen molar-refractivity contribution in [3.63, 3.8) is 0 Å². The zero-order valence-electron chi connectivity index (χ0n) is 16.2. The van der Waals surface area contributed by atoms with Crippen LogP contribution >= 0.6 is 11.8 Å². The third-order valence-corrected chi connectivity index (χ3v) is 5.20. The summed E-state index contributed by atoms with van der Waals surface area (Å²) >= 11 is 1.16. The summed E-state index contributed by atoms with van der Waals surface area (Å²) in [4.78, 5) is 24.4. The van der Waals surface area contributed by atoms with Gasteiger partial charge in [0.05, 0.1) is 17.4 Å². The fraction of sp³-hybridized carbons (Fsp3) is 0.200. The quantitative estimate of drug-likeness (QED) is 0.561. The normalized spacial score (nSPS) is 11.7. The molecule has 3 aromatic rings. The zero-order chi connectivity index (χ0) is 21.7. The molecule has 0 bridgehead atoms. The molecule has 0 saturated heterocycles. The van der Waals surface area contributed by atoms with Crippen molar-refractivity contribution >= 4 is 29.3 Å².